The molecule has 0 aromatic heterocycles. The van der Waals surface area contributed by atoms with Crippen LogP contribution in [0.3, 0.4) is 0 Å². The third kappa shape index (κ3) is 5.32. The van der Waals surface area contributed by atoms with E-state index in [1.165, 1.54) is 16.0 Å². The van der Waals surface area contributed by atoms with Gasteiger partial charge in [0.05, 0.1) is 0 Å². The normalized spacial score (nSPS) is 21.2. The van der Waals surface area contributed by atoms with Gasteiger partial charge in [0.15, 0.2) is 18.0 Å². The van der Waals surface area contributed by atoms with Crippen LogP contribution in [-0.4, -0.2) is 52.0 Å². The maximum Gasteiger partial charge on any atom is 0.275 e. The van der Waals surface area contributed by atoms with Crippen LogP contribution < -0.4 is 24.6 Å². The Labute approximate surface area is 178 Å². The fourth-order valence-corrected chi connectivity index (χ4v) is 4.40. The van der Waals surface area contributed by atoms with Crippen LogP contribution in [0.5, 0.6) is 11.5 Å². The molecule has 0 unspecified atom stereocenters. The first-order chi connectivity index (χ1) is 14.7. The molecule has 3 N–H and O–H groups in total. The van der Waals surface area contributed by atoms with Gasteiger partial charge in [0.2, 0.25) is 6.79 Å². The molecule has 2 aliphatic rings. The zero-order valence-electron chi connectivity index (χ0n) is 17.8. The van der Waals surface area contributed by atoms with Crippen LogP contribution in [-0.2, 0) is 11.3 Å². The van der Waals surface area contributed by atoms with Gasteiger partial charge in [0.25, 0.3) is 5.91 Å². The summed E-state index contributed by atoms with van der Waals surface area (Å²) in [6.45, 7) is 9.00. The van der Waals surface area contributed by atoms with E-state index in [0.717, 1.165) is 50.6 Å². The topological polar surface area (TPSA) is 56.4 Å². The van der Waals surface area contributed by atoms with Gasteiger partial charge >= 0.3 is 0 Å². The number of quaternary nitrogens is 2. The van der Waals surface area contributed by atoms with Crippen molar-refractivity contribution < 1.29 is 24.1 Å². The van der Waals surface area contributed by atoms with E-state index in [-0.39, 0.29) is 5.91 Å². The van der Waals surface area contributed by atoms with Crippen molar-refractivity contribution in [3.63, 3.8) is 0 Å². The third-order valence-corrected chi connectivity index (χ3v) is 6.28. The summed E-state index contributed by atoms with van der Waals surface area (Å²) in [6, 6.07) is 16.7. The van der Waals surface area contributed by atoms with Crippen LogP contribution in [0.2, 0.25) is 0 Å². The number of hydrogen-bond acceptors (Lipinski definition) is 3. The largest absolute Gasteiger partial charge is 0.454 e. The maximum atomic E-state index is 12.5. The first kappa shape index (κ1) is 20.7. The third-order valence-electron chi connectivity index (χ3n) is 6.28. The number of benzene rings is 2. The molecule has 0 bridgehead atoms. The van der Waals surface area contributed by atoms with Crippen LogP contribution >= 0.6 is 0 Å². The summed E-state index contributed by atoms with van der Waals surface area (Å²) in [5, 5.41) is 3.16. The van der Waals surface area contributed by atoms with Crippen molar-refractivity contribution in [3.8, 4) is 11.5 Å². The van der Waals surface area contributed by atoms with Crippen LogP contribution in [0.25, 0.3) is 0 Å². The second-order valence-corrected chi connectivity index (χ2v) is 8.36. The van der Waals surface area contributed by atoms with Crippen molar-refractivity contribution in [2.75, 3.05) is 46.1 Å². The molecule has 1 fully saturated rings. The number of carbonyl (C=O) groups excluding carboxylic acids is 1. The van der Waals surface area contributed by atoms with Crippen LogP contribution in [0, 0.1) is 0 Å². The smallest absolute Gasteiger partial charge is 0.275 e. The van der Waals surface area contributed by atoms with E-state index in [0.29, 0.717) is 25.8 Å². The van der Waals surface area contributed by atoms with Gasteiger partial charge in [-0.3, -0.25) is 4.79 Å². The summed E-state index contributed by atoms with van der Waals surface area (Å²) in [6.07, 6.45) is 1.03. The lowest BCUT2D eigenvalue weighted by Gasteiger charge is -2.29. The number of nitrogens with one attached hydrogen (secondary N) is 3. The second kappa shape index (κ2) is 9.96. The van der Waals surface area contributed by atoms with Gasteiger partial charge in [-0.25, -0.2) is 0 Å². The van der Waals surface area contributed by atoms with Gasteiger partial charge in [-0.1, -0.05) is 37.3 Å². The van der Waals surface area contributed by atoms with Gasteiger partial charge in [-0.15, -0.1) is 0 Å². The fraction of sp³-hybridized carbons (Fsp3) is 0.458. The number of ether oxygens (including phenoxy) is 2. The van der Waals surface area contributed by atoms with Gasteiger partial charge in [-0.2, -0.15) is 0 Å². The Morgan fingerprint density at radius 2 is 1.73 bits per heavy atom. The van der Waals surface area contributed by atoms with Crippen LogP contribution in [0.1, 0.15) is 30.4 Å². The van der Waals surface area contributed by atoms with Crippen molar-refractivity contribution in [1.29, 1.82) is 0 Å². The molecule has 1 saturated heterocycles. The summed E-state index contributed by atoms with van der Waals surface area (Å²) >= 11 is 0. The zero-order chi connectivity index (χ0) is 20.8. The number of hydrogen-bond donors (Lipinski definition) is 3. The Morgan fingerprint density at radius 1 is 1.00 bits per heavy atom. The zero-order valence-corrected chi connectivity index (χ0v) is 17.8. The summed E-state index contributed by atoms with van der Waals surface area (Å²) in [7, 11) is 0. The Bertz CT molecular complexity index is 835. The molecule has 160 valence electrons. The maximum absolute atomic E-state index is 12.5. The number of carbonyl (C=O) groups is 1. The summed E-state index contributed by atoms with van der Waals surface area (Å²) in [5.74, 6) is 2.24. The van der Waals surface area contributed by atoms with E-state index in [1.54, 1.807) is 4.90 Å². The molecule has 2 aliphatic heterocycles. The fourth-order valence-electron chi connectivity index (χ4n) is 4.40. The number of rotatable bonds is 8. The van der Waals surface area contributed by atoms with Crippen molar-refractivity contribution in [3.05, 3.63) is 59.7 Å². The molecular weight excluding hydrogens is 378 g/mol. The molecule has 2 aromatic carbocycles. The Balaban J connectivity index is 1.18. The molecule has 2 aromatic rings. The molecular formula is C24H33N3O3+2. The minimum absolute atomic E-state index is 0.165. The van der Waals surface area contributed by atoms with Crippen molar-refractivity contribution in [2.24, 2.45) is 0 Å². The second-order valence-electron chi connectivity index (χ2n) is 8.36. The highest BCUT2D eigenvalue weighted by Crippen LogP contribution is 2.32. The van der Waals surface area contributed by atoms with Gasteiger partial charge in [0.1, 0.15) is 32.7 Å². The van der Waals surface area contributed by atoms with E-state index in [9.17, 15) is 4.79 Å². The quantitative estimate of drug-likeness (QED) is 0.574. The average Bonchev–Trinajstić information content (AvgIpc) is 3.24. The van der Waals surface area contributed by atoms with E-state index in [2.05, 4.69) is 48.6 Å². The lowest BCUT2D eigenvalue weighted by molar-refractivity contribution is -1.02. The molecule has 6 nitrogen and oxygen atoms in total. The lowest BCUT2D eigenvalue weighted by Crippen LogP contribution is -3.28. The summed E-state index contributed by atoms with van der Waals surface area (Å²) < 4.78 is 10.9. The van der Waals surface area contributed by atoms with Crippen LogP contribution in [0.4, 0.5) is 0 Å². The number of fused-ring (bicyclic) bond motifs is 1. The molecule has 0 spiro atoms. The van der Waals surface area contributed by atoms with Gasteiger partial charge in [-0.05, 0) is 30.2 Å². The monoisotopic (exact) mass is 411 g/mol. The first-order valence-corrected chi connectivity index (χ1v) is 11.1. The summed E-state index contributed by atoms with van der Waals surface area (Å²) in [5.41, 5.74) is 2.58. The first-order valence-electron chi connectivity index (χ1n) is 11.1. The van der Waals surface area contributed by atoms with Crippen LogP contribution in [0.15, 0.2) is 48.5 Å². The highest BCUT2D eigenvalue weighted by Gasteiger charge is 2.25. The molecule has 4 rings (SSSR count). The molecule has 0 radical (unpaired) electrons. The van der Waals surface area contributed by atoms with Gasteiger partial charge < -0.3 is 24.6 Å². The molecule has 1 atom stereocenters. The summed E-state index contributed by atoms with van der Waals surface area (Å²) in [4.78, 5) is 15.4. The van der Waals surface area contributed by atoms with E-state index >= 15 is 0 Å². The van der Waals surface area contributed by atoms with Crippen molar-refractivity contribution >= 4 is 5.91 Å². The standard InChI is InChI=1S/C24H31N3O3/c1-2-20(21-6-4-3-5-7-21)15-25-24(28)17-27-12-10-26(11-13-27)16-19-8-9-22-23(14-19)30-18-29-22/h3-9,14,20H,2,10-13,15-18H2,1H3,(H,25,28)/p+2/t20-/m1/s1. The average molecular weight is 412 g/mol. The van der Waals surface area contributed by atoms with Crippen molar-refractivity contribution in [2.45, 2.75) is 25.8 Å². The minimum Gasteiger partial charge on any atom is -0.454 e. The Kier molecular flexibility index (Phi) is 6.87. The predicted molar refractivity (Wildman–Crippen MR) is 115 cm³/mol. The van der Waals surface area contributed by atoms with E-state index in [4.69, 9.17) is 9.47 Å². The minimum atomic E-state index is 0.165. The Hall–Kier alpha value is -2.57. The predicted octanol–water partition coefficient (Wildman–Crippen LogP) is 0.00870. The SMILES string of the molecule is CC[C@H](CNC(=O)C[NH+]1CC[NH+](Cc2ccc3c(c2)OCO3)CC1)c1ccccc1. The van der Waals surface area contributed by atoms with E-state index < -0.39 is 0 Å². The molecule has 0 aliphatic carbocycles. The highest BCUT2D eigenvalue weighted by molar-refractivity contribution is 5.76. The Morgan fingerprint density at radius 3 is 2.50 bits per heavy atom. The number of amides is 1. The van der Waals surface area contributed by atoms with E-state index in [1.807, 2.05) is 12.1 Å². The van der Waals surface area contributed by atoms with Gasteiger partial charge in [0, 0.05) is 18.0 Å². The lowest BCUT2D eigenvalue weighted by atomic mass is 9.96. The van der Waals surface area contributed by atoms with Crippen molar-refractivity contribution in [1.82, 2.24) is 5.32 Å². The molecule has 2 heterocycles. The molecule has 6 heteroatoms. The number of piperazine rings is 1. The highest BCUT2D eigenvalue weighted by atomic mass is 16.7. The molecule has 1 amide bonds. The molecule has 0 saturated carbocycles. The molecule has 30 heavy (non-hydrogen) atoms.